The molecule has 0 aromatic heterocycles. The fourth-order valence-corrected chi connectivity index (χ4v) is 2.93. The Hall–Kier alpha value is -1.68. The first kappa shape index (κ1) is 15.7. The van der Waals surface area contributed by atoms with E-state index in [4.69, 9.17) is 9.47 Å². The van der Waals surface area contributed by atoms with Gasteiger partial charge in [0.1, 0.15) is 5.78 Å². The lowest BCUT2D eigenvalue weighted by atomic mass is 9.89. The van der Waals surface area contributed by atoms with Gasteiger partial charge in [-0.1, -0.05) is 37.3 Å². The van der Waals surface area contributed by atoms with Crippen molar-refractivity contribution in [3.8, 4) is 0 Å². The van der Waals surface area contributed by atoms with E-state index in [0.29, 0.717) is 26.1 Å². The molecule has 0 bridgehead atoms. The third-order valence-corrected chi connectivity index (χ3v) is 4.30. The normalized spacial score (nSPS) is 25.0. The summed E-state index contributed by atoms with van der Waals surface area (Å²) in [5.74, 6) is 0.0543. The van der Waals surface area contributed by atoms with E-state index in [9.17, 15) is 9.59 Å². The Morgan fingerprint density at radius 2 is 2.00 bits per heavy atom. The lowest BCUT2D eigenvalue weighted by Gasteiger charge is -2.21. The minimum atomic E-state index is -0.255. The van der Waals surface area contributed by atoms with Crippen molar-refractivity contribution in [2.24, 2.45) is 17.8 Å². The zero-order valence-corrected chi connectivity index (χ0v) is 12.6. The first-order chi connectivity index (χ1) is 10.1. The molecular weight excluding hydrogens is 268 g/mol. The van der Waals surface area contributed by atoms with Crippen LogP contribution in [0, 0.1) is 17.8 Å². The molecule has 2 rings (SSSR count). The molecule has 0 radical (unpaired) electrons. The first-order valence-electron chi connectivity index (χ1n) is 7.33. The molecule has 0 N–H and O–H groups in total. The van der Waals surface area contributed by atoms with Gasteiger partial charge in [-0.15, -0.1) is 0 Å². The molecule has 1 aromatic carbocycles. The predicted octanol–water partition coefficient (Wildman–Crippen LogP) is 2.61. The van der Waals surface area contributed by atoms with Gasteiger partial charge in [0.05, 0.1) is 20.3 Å². The Morgan fingerprint density at radius 3 is 2.67 bits per heavy atom. The van der Waals surface area contributed by atoms with E-state index in [1.807, 2.05) is 37.3 Å². The van der Waals surface area contributed by atoms with Crippen LogP contribution < -0.4 is 0 Å². The minimum absolute atomic E-state index is 0.0377. The number of Topliss-reactive ketones (excluding diaryl/α,β-unsaturated/α-hetero) is 1. The molecule has 1 aromatic rings. The lowest BCUT2D eigenvalue weighted by Crippen LogP contribution is -2.23. The van der Waals surface area contributed by atoms with Crippen molar-refractivity contribution < 1.29 is 19.1 Å². The van der Waals surface area contributed by atoms with Crippen LogP contribution in [-0.2, 0) is 25.7 Å². The summed E-state index contributed by atoms with van der Waals surface area (Å²) in [7, 11) is 1.38. The topological polar surface area (TPSA) is 52.6 Å². The standard InChI is InChI=1S/C17H22O4/c1-12-15(11-21-10-13-6-4-3-5-7-13)14(8-16(12)18)9-17(19)20-2/h3-7,12,14-15H,8-11H2,1-2H3/t12-,14+,15-/m1/s1. The monoisotopic (exact) mass is 290 g/mol. The maximum absolute atomic E-state index is 11.9. The Kier molecular flexibility index (Phi) is 5.51. The van der Waals surface area contributed by atoms with Crippen molar-refractivity contribution in [1.82, 2.24) is 0 Å². The Labute approximate surface area is 125 Å². The highest BCUT2D eigenvalue weighted by atomic mass is 16.5. The van der Waals surface area contributed by atoms with E-state index < -0.39 is 0 Å². The smallest absolute Gasteiger partial charge is 0.305 e. The SMILES string of the molecule is COC(=O)C[C@@H]1CC(=O)[C@H](C)[C@H]1COCc1ccccc1. The molecule has 0 unspecified atom stereocenters. The number of hydrogen-bond donors (Lipinski definition) is 0. The number of esters is 1. The summed E-state index contributed by atoms with van der Waals surface area (Å²) >= 11 is 0. The van der Waals surface area contributed by atoms with Crippen LogP contribution in [0.1, 0.15) is 25.3 Å². The molecule has 0 aliphatic heterocycles. The summed E-state index contributed by atoms with van der Waals surface area (Å²) in [6.07, 6.45) is 0.752. The predicted molar refractivity (Wildman–Crippen MR) is 78.5 cm³/mol. The second-order valence-corrected chi connectivity index (χ2v) is 5.66. The molecule has 114 valence electrons. The Morgan fingerprint density at radius 1 is 1.29 bits per heavy atom. The van der Waals surface area contributed by atoms with Crippen LogP contribution in [0.5, 0.6) is 0 Å². The van der Waals surface area contributed by atoms with Gasteiger partial charge < -0.3 is 9.47 Å². The molecule has 3 atom stereocenters. The van der Waals surface area contributed by atoms with E-state index in [1.54, 1.807) is 0 Å². The van der Waals surface area contributed by atoms with Gasteiger partial charge in [0.2, 0.25) is 0 Å². The molecule has 1 aliphatic rings. The summed E-state index contributed by atoms with van der Waals surface area (Å²) in [6, 6.07) is 9.93. The molecule has 4 nitrogen and oxygen atoms in total. The summed E-state index contributed by atoms with van der Waals surface area (Å²) < 4.78 is 10.5. The molecule has 1 saturated carbocycles. The zero-order chi connectivity index (χ0) is 15.2. The number of ketones is 1. The van der Waals surface area contributed by atoms with Crippen molar-refractivity contribution in [1.29, 1.82) is 0 Å². The van der Waals surface area contributed by atoms with Gasteiger partial charge in [-0.25, -0.2) is 0 Å². The number of carbonyl (C=O) groups is 2. The number of methoxy groups -OCH3 is 1. The van der Waals surface area contributed by atoms with Crippen molar-refractivity contribution in [2.45, 2.75) is 26.4 Å². The van der Waals surface area contributed by atoms with Gasteiger partial charge in [-0.2, -0.15) is 0 Å². The van der Waals surface area contributed by atoms with Gasteiger partial charge in [0.25, 0.3) is 0 Å². The van der Waals surface area contributed by atoms with Gasteiger partial charge in [0.15, 0.2) is 0 Å². The first-order valence-corrected chi connectivity index (χ1v) is 7.33. The summed E-state index contributed by atoms with van der Waals surface area (Å²) in [5, 5.41) is 0. The van der Waals surface area contributed by atoms with Crippen molar-refractivity contribution >= 4 is 11.8 Å². The number of rotatable bonds is 6. The fraction of sp³-hybridized carbons (Fsp3) is 0.529. The largest absolute Gasteiger partial charge is 0.469 e. The second-order valence-electron chi connectivity index (χ2n) is 5.66. The molecule has 0 spiro atoms. The zero-order valence-electron chi connectivity index (χ0n) is 12.6. The molecule has 4 heteroatoms. The number of benzene rings is 1. The number of carbonyl (C=O) groups excluding carboxylic acids is 2. The highest BCUT2D eigenvalue weighted by Crippen LogP contribution is 2.36. The summed E-state index contributed by atoms with van der Waals surface area (Å²) in [5.41, 5.74) is 1.11. The van der Waals surface area contributed by atoms with Gasteiger partial charge >= 0.3 is 5.97 Å². The van der Waals surface area contributed by atoms with Gasteiger partial charge in [-0.05, 0) is 17.4 Å². The van der Waals surface area contributed by atoms with Crippen LogP contribution >= 0.6 is 0 Å². The van der Waals surface area contributed by atoms with Crippen molar-refractivity contribution in [3.63, 3.8) is 0 Å². The third kappa shape index (κ3) is 4.14. The minimum Gasteiger partial charge on any atom is -0.469 e. The average molecular weight is 290 g/mol. The summed E-state index contributed by atoms with van der Waals surface area (Å²) in [4.78, 5) is 23.3. The molecule has 0 saturated heterocycles. The molecule has 1 aliphatic carbocycles. The maximum atomic E-state index is 11.9. The van der Waals surface area contributed by atoms with Crippen molar-refractivity contribution in [2.75, 3.05) is 13.7 Å². The van der Waals surface area contributed by atoms with Crippen LogP contribution in [-0.4, -0.2) is 25.5 Å². The lowest BCUT2D eigenvalue weighted by molar-refractivity contribution is -0.142. The van der Waals surface area contributed by atoms with Crippen LogP contribution in [0.15, 0.2) is 30.3 Å². The van der Waals surface area contributed by atoms with Gasteiger partial charge in [-0.3, -0.25) is 9.59 Å². The maximum Gasteiger partial charge on any atom is 0.305 e. The number of hydrogen-bond acceptors (Lipinski definition) is 4. The molecule has 1 fully saturated rings. The third-order valence-electron chi connectivity index (χ3n) is 4.30. The Bertz CT molecular complexity index is 483. The van der Waals surface area contributed by atoms with Crippen LogP contribution in [0.4, 0.5) is 0 Å². The van der Waals surface area contributed by atoms with Crippen LogP contribution in [0.3, 0.4) is 0 Å². The highest BCUT2D eigenvalue weighted by Gasteiger charge is 2.40. The molecule has 0 amide bonds. The van der Waals surface area contributed by atoms with E-state index in [0.717, 1.165) is 5.56 Å². The highest BCUT2D eigenvalue weighted by molar-refractivity contribution is 5.84. The summed E-state index contributed by atoms with van der Waals surface area (Å²) in [6.45, 7) is 2.96. The Balaban J connectivity index is 1.89. The van der Waals surface area contributed by atoms with E-state index >= 15 is 0 Å². The van der Waals surface area contributed by atoms with Crippen LogP contribution in [0.2, 0.25) is 0 Å². The van der Waals surface area contributed by atoms with E-state index in [1.165, 1.54) is 7.11 Å². The van der Waals surface area contributed by atoms with E-state index in [-0.39, 0.29) is 29.5 Å². The molecular formula is C17H22O4. The number of ether oxygens (including phenoxy) is 2. The molecule has 21 heavy (non-hydrogen) atoms. The fourth-order valence-electron chi connectivity index (χ4n) is 2.93. The van der Waals surface area contributed by atoms with Crippen LogP contribution in [0.25, 0.3) is 0 Å². The average Bonchev–Trinajstić information content (AvgIpc) is 2.75. The quantitative estimate of drug-likeness (QED) is 0.756. The molecule has 0 heterocycles. The second kappa shape index (κ2) is 7.36. The van der Waals surface area contributed by atoms with E-state index in [2.05, 4.69) is 0 Å². The van der Waals surface area contributed by atoms with Crippen molar-refractivity contribution in [3.05, 3.63) is 35.9 Å². The van der Waals surface area contributed by atoms with Gasteiger partial charge in [0, 0.05) is 18.8 Å².